The Balaban J connectivity index is 2.71. The van der Waals surface area contributed by atoms with Crippen LogP contribution in [0.15, 0.2) is 24.3 Å². The molecule has 13 heavy (non-hydrogen) atoms. The van der Waals surface area contributed by atoms with Crippen LogP contribution in [0.5, 0.6) is 0 Å². The van der Waals surface area contributed by atoms with Gasteiger partial charge >= 0.3 is 0 Å². The van der Waals surface area contributed by atoms with Crippen molar-refractivity contribution in [3.63, 3.8) is 0 Å². The normalized spacial score (nSPS) is 9.92. The van der Waals surface area contributed by atoms with Gasteiger partial charge in [0.25, 0.3) is 0 Å². The van der Waals surface area contributed by atoms with Gasteiger partial charge in [-0.1, -0.05) is 12.1 Å². The van der Waals surface area contributed by atoms with Crippen LogP contribution >= 0.6 is 0 Å². The molecule has 0 radical (unpaired) electrons. The number of Topliss-reactive ketones (excluding diaryl/α,β-unsaturated/α-hetero) is 1. The summed E-state index contributed by atoms with van der Waals surface area (Å²) in [7, 11) is 0. The van der Waals surface area contributed by atoms with E-state index in [1.54, 1.807) is 24.3 Å². The number of ketones is 1. The van der Waals surface area contributed by atoms with Gasteiger partial charge in [0, 0.05) is 24.3 Å². The van der Waals surface area contributed by atoms with Crippen molar-refractivity contribution < 1.29 is 9.90 Å². The van der Waals surface area contributed by atoms with Crippen molar-refractivity contribution in [1.82, 2.24) is 0 Å². The second-order valence-corrected chi connectivity index (χ2v) is 2.84. The predicted molar refractivity (Wildman–Crippen MR) is 51.5 cm³/mol. The van der Waals surface area contributed by atoms with Crippen LogP contribution in [0.25, 0.3) is 0 Å². The van der Waals surface area contributed by atoms with E-state index in [2.05, 4.69) is 0 Å². The fourth-order valence-electron chi connectivity index (χ4n) is 1.13. The molecule has 70 valence electrons. The number of aliphatic hydroxyl groups is 1. The first-order valence-electron chi connectivity index (χ1n) is 4.24. The number of benzene rings is 1. The SMILES string of the molecule is Nc1ccccc1C(=O)CCCO. The summed E-state index contributed by atoms with van der Waals surface area (Å²) >= 11 is 0. The zero-order chi connectivity index (χ0) is 9.68. The van der Waals surface area contributed by atoms with Gasteiger partial charge in [-0.2, -0.15) is 0 Å². The van der Waals surface area contributed by atoms with Crippen LogP contribution in [0.4, 0.5) is 5.69 Å². The maximum atomic E-state index is 11.4. The summed E-state index contributed by atoms with van der Waals surface area (Å²) in [5.41, 5.74) is 6.67. The highest BCUT2D eigenvalue weighted by atomic mass is 16.3. The van der Waals surface area contributed by atoms with E-state index in [4.69, 9.17) is 10.8 Å². The first-order chi connectivity index (χ1) is 6.25. The van der Waals surface area contributed by atoms with Gasteiger partial charge in [0.1, 0.15) is 0 Å². The molecule has 1 rings (SSSR count). The Morgan fingerprint density at radius 2 is 2.08 bits per heavy atom. The van der Waals surface area contributed by atoms with Crippen molar-refractivity contribution >= 4 is 11.5 Å². The maximum absolute atomic E-state index is 11.4. The van der Waals surface area contributed by atoms with Crippen LogP contribution in [0, 0.1) is 0 Å². The zero-order valence-corrected chi connectivity index (χ0v) is 7.36. The average molecular weight is 179 g/mol. The van der Waals surface area contributed by atoms with E-state index >= 15 is 0 Å². The number of anilines is 1. The molecular weight excluding hydrogens is 166 g/mol. The molecule has 0 spiro atoms. The number of nitrogen functional groups attached to an aromatic ring is 1. The van der Waals surface area contributed by atoms with Crippen LogP contribution in [0.2, 0.25) is 0 Å². The van der Waals surface area contributed by atoms with E-state index < -0.39 is 0 Å². The second kappa shape index (κ2) is 4.62. The summed E-state index contributed by atoms with van der Waals surface area (Å²) < 4.78 is 0. The molecule has 0 saturated carbocycles. The lowest BCUT2D eigenvalue weighted by Crippen LogP contribution is -2.04. The van der Waals surface area contributed by atoms with Crippen molar-refractivity contribution in [2.24, 2.45) is 0 Å². The quantitative estimate of drug-likeness (QED) is 0.539. The van der Waals surface area contributed by atoms with Crippen LogP contribution in [-0.2, 0) is 0 Å². The molecule has 1 aromatic rings. The number of hydrogen-bond acceptors (Lipinski definition) is 3. The minimum Gasteiger partial charge on any atom is -0.398 e. The summed E-state index contributed by atoms with van der Waals surface area (Å²) in [6.45, 7) is 0.0402. The van der Waals surface area contributed by atoms with Gasteiger partial charge in [-0.3, -0.25) is 4.79 Å². The molecule has 0 saturated heterocycles. The Hall–Kier alpha value is -1.35. The fourth-order valence-corrected chi connectivity index (χ4v) is 1.13. The third-order valence-corrected chi connectivity index (χ3v) is 1.82. The van der Waals surface area contributed by atoms with Gasteiger partial charge in [-0.15, -0.1) is 0 Å². The zero-order valence-electron chi connectivity index (χ0n) is 7.36. The molecule has 0 aliphatic carbocycles. The monoisotopic (exact) mass is 179 g/mol. The second-order valence-electron chi connectivity index (χ2n) is 2.84. The van der Waals surface area contributed by atoms with E-state index in [1.165, 1.54) is 0 Å². The Morgan fingerprint density at radius 1 is 1.38 bits per heavy atom. The summed E-state index contributed by atoms with van der Waals surface area (Å²) in [5.74, 6) is -0.00727. The molecule has 0 heterocycles. The first kappa shape index (κ1) is 9.74. The number of hydrogen-bond donors (Lipinski definition) is 2. The van der Waals surface area contributed by atoms with Gasteiger partial charge in [0.05, 0.1) is 0 Å². The van der Waals surface area contributed by atoms with Crippen molar-refractivity contribution in [2.75, 3.05) is 12.3 Å². The van der Waals surface area contributed by atoms with E-state index in [-0.39, 0.29) is 12.4 Å². The Kier molecular flexibility index (Phi) is 3.46. The van der Waals surface area contributed by atoms with E-state index in [1.807, 2.05) is 0 Å². The molecule has 3 N–H and O–H groups in total. The van der Waals surface area contributed by atoms with Crippen LogP contribution in [-0.4, -0.2) is 17.5 Å². The van der Waals surface area contributed by atoms with E-state index in [0.29, 0.717) is 24.1 Å². The standard InChI is InChI=1S/C10H13NO2/c11-9-5-2-1-4-8(9)10(13)6-3-7-12/h1-2,4-5,12H,3,6-7,11H2. The maximum Gasteiger partial charge on any atom is 0.165 e. The minimum absolute atomic E-state index is 0.00727. The van der Waals surface area contributed by atoms with Crippen molar-refractivity contribution in [3.8, 4) is 0 Å². The number of aliphatic hydroxyl groups excluding tert-OH is 1. The van der Waals surface area contributed by atoms with Crippen molar-refractivity contribution in [2.45, 2.75) is 12.8 Å². The molecule has 1 aromatic carbocycles. The summed E-state index contributed by atoms with van der Waals surface area (Å²) in [6, 6.07) is 6.97. The number of para-hydroxylation sites is 1. The molecular formula is C10H13NO2. The molecule has 0 fully saturated rings. The number of nitrogens with two attached hydrogens (primary N) is 1. The molecule has 0 amide bonds. The molecule has 0 unspecified atom stereocenters. The highest BCUT2D eigenvalue weighted by molar-refractivity contribution is 6.00. The minimum atomic E-state index is -0.00727. The average Bonchev–Trinajstić information content (AvgIpc) is 2.15. The van der Waals surface area contributed by atoms with E-state index in [0.717, 1.165) is 0 Å². The molecule has 3 nitrogen and oxygen atoms in total. The highest BCUT2D eigenvalue weighted by Crippen LogP contribution is 2.13. The third kappa shape index (κ3) is 2.56. The molecule has 0 bridgehead atoms. The van der Waals surface area contributed by atoms with Gasteiger partial charge in [-0.25, -0.2) is 0 Å². The molecule has 0 atom stereocenters. The number of carbonyl (C=O) groups excluding carboxylic acids is 1. The lowest BCUT2D eigenvalue weighted by molar-refractivity contribution is 0.0972. The van der Waals surface area contributed by atoms with Gasteiger partial charge in [0.15, 0.2) is 5.78 Å². The third-order valence-electron chi connectivity index (χ3n) is 1.82. The van der Waals surface area contributed by atoms with Gasteiger partial charge < -0.3 is 10.8 Å². The van der Waals surface area contributed by atoms with Gasteiger partial charge in [-0.05, 0) is 18.6 Å². The summed E-state index contributed by atoms with van der Waals surface area (Å²) in [6.07, 6.45) is 0.845. The highest BCUT2D eigenvalue weighted by Gasteiger charge is 2.07. The predicted octanol–water partition coefficient (Wildman–Crippen LogP) is 1.22. The molecule has 3 heteroatoms. The largest absolute Gasteiger partial charge is 0.398 e. The lowest BCUT2D eigenvalue weighted by atomic mass is 10.1. The summed E-state index contributed by atoms with van der Waals surface area (Å²) in [5, 5.41) is 8.55. The topological polar surface area (TPSA) is 63.3 Å². The van der Waals surface area contributed by atoms with E-state index in [9.17, 15) is 4.79 Å². The number of carbonyl (C=O) groups is 1. The van der Waals surface area contributed by atoms with Crippen LogP contribution in [0.3, 0.4) is 0 Å². The Bertz CT molecular complexity index is 297. The fraction of sp³-hybridized carbons (Fsp3) is 0.300. The van der Waals surface area contributed by atoms with Crippen LogP contribution < -0.4 is 5.73 Å². The molecule has 0 aromatic heterocycles. The Labute approximate surface area is 77.2 Å². The van der Waals surface area contributed by atoms with Crippen molar-refractivity contribution in [1.29, 1.82) is 0 Å². The van der Waals surface area contributed by atoms with Gasteiger partial charge in [0.2, 0.25) is 0 Å². The van der Waals surface area contributed by atoms with Crippen LogP contribution in [0.1, 0.15) is 23.2 Å². The smallest absolute Gasteiger partial charge is 0.165 e. The van der Waals surface area contributed by atoms with Crippen molar-refractivity contribution in [3.05, 3.63) is 29.8 Å². The lowest BCUT2D eigenvalue weighted by Gasteiger charge is -2.02. The molecule has 0 aliphatic rings. The molecule has 0 aliphatic heterocycles. The first-order valence-corrected chi connectivity index (χ1v) is 4.24. The summed E-state index contributed by atoms with van der Waals surface area (Å²) in [4.78, 5) is 11.4. The Morgan fingerprint density at radius 3 is 2.69 bits per heavy atom. The number of rotatable bonds is 4.